The Kier molecular flexibility index (Phi) is 7.22. The monoisotopic (exact) mass is 356 g/mol. The molecule has 0 aromatic heterocycles. The van der Waals surface area contributed by atoms with Crippen LogP contribution in [0.4, 0.5) is 0 Å². The maximum absolute atomic E-state index is 12.1. The second-order valence-electron chi connectivity index (χ2n) is 6.46. The molecule has 1 aliphatic carbocycles. The third-order valence-electron chi connectivity index (χ3n) is 4.54. The summed E-state index contributed by atoms with van der Waals surface area (Å²) in [6, 6.07) is 8.89. The first kappa shape index (κ1) is 19.5. The Balaban J connectivity index is 1.91. The van der Waals surface area contributed by atoms with Crippen LogP contribution in [0.1, 0.15) is 38.2 Å². The van der Waals surface area contributed by atoms with Crippen LogP contribution in [-0.4, -0.2) is 31.6 Å². The number of carbonyl (C=O) groups excluding carboxylic acids is 2. The Morgan fingerprint density at radius 1 is 1.35 bits per heavy atom. The number of nitrogens with zero attached hydrogens (tertiary/aromatic N) is 1. The van der Waals surface area contributed by atoms with Crippen molar-refractivity contribution in [1.82, 2.24) is 5.32 Å². The van der Waals surface area contributed by atoms with E-state index in [4.69, 9.17) is 9.47 Å². The predicted molar refractivity (Wildman–Crippen MR) is 97.1 cm³/mol. The molecular formula is C20H24N2O4. The fraction of sp³-hybridized carbons (Fsp3) is 0.450. The molecule has 0 heterocycles. The summed E-state index contributed by atoms with van der Waals surface area (Å²) in [6.45, 7) is 1.72. The first-order valence-electron chi connectivity index (χ1n) is 8.76. The molecule has 0 saturated heterocycles. The van der Waals surface area contributed by atoms with Crippen molar-refractivity contribution in [3.63, 3.8) is 0 Å². The van der Waals surface area contributed by atoms with Crippen molar-refractivity contribution in [1.29, 1.82) is 5.26 Å². The molecule has 6 heteroatoms. The van der Waals surface area contributed by atoms with E-state index < -0.39 is 5.97 Å². The van der Waals surface area contributed by atoms with Gasteiger partial charge in [0.25, 0.3) is 5.91 Å². The van der Waals surface area contributed by atoms with Crippen LogP contribution in [0, 0.1) is 17.2 Å². The maximum atomic E-state index is 12.1. The van der Waals surface area contributed by atoms with Crippen molar-refractivity contribution in [2.75, 3.05) is 13.7 Å². The van der Waals surface area contributed by atoms with Crippen molar-refractivity contribution in [2.24, 2.45) is 5.92 Å². The summed E-state index contributed by atoms with van der Waals surface area (Å²) in [5.74, 6) is -0.116. The number of hydrogen-bond acceptors (Lipinski definition) is 5. The molecule has 0 spiro atoms. The number of nitriles is 1. The summed E-state index contributed by atoms with van der Waals surface area (Å²) < 4.78 is 10.1. The van der Waals surface area contributed by atoms with Gasteiger partial charge in [-0.05, 0) is 42.5 Å². The molecule has 138 valence electrons. The summed E-state index contributed by atoms with van der Waals surface area (Å²) in [4.78, 5) is 24.1. The van der Waals surface area contributed by atoms with Crippen molar-refractivity contribution in [2.45, 2.75) is 38.6 Å². The van der Waals surface area contributed by atoms with Crippen LogP contribution in [-0.2, 0) is 14.3 Å². The van der Waals surface area contributed by atoms with Crippen molar-refractivity contribution in [3.05, 3.63) is 35.4 Å². The lowest BCUT2D eigenvalue weighted by Crippen LogP contribution is -2.42. The highest BCUT2D eigenvalue weighted by atomic mass is 16.5. The minimum Gasteiger partial charge on any atom is -0.497 e. The third kappa shape index (κ3) is 5.62. The summed E-state index contributed by atoms with van der Waals surface area (Å²) >= 11 is 0. The largest absolute Gasteiger partial charge is 0.497 e. The molecule has 1 N–H and O–H groups in total. The Bertz CT molecular complexity index is 721. The molecule has 2 atom stereocenters. The number of ether oxygens (including phenoxy) is 2. The number of esters is 1. The number of nitrogens with one attached hydrogen (secondary N) is 1. The molecule has 1 aromatic carbocycles. The first-order valence-corrected chi connectivity index (χ1v) is 8.76. The van der Waals surface area contributed by atoms with Gasteiger partial charge in [0, 0.05) is 6.04 Å². The Labute approximate surface area is 153 Å². The van der Waals surface area contributed by atoms with E-state index in [1.165, 1.54) is 19.6 Å². The van der Waals surface area contributed by atoms with Crippen molar-refractivity contribution < 1.29 is 19.1 Å². The highest BCUT2D eigenvalue weighted by molar-refractivity contribution is 5.98. The van der Waals surface area contributed by atoms with Gasteiger partial charge in [-0.15, -0.1) is 0 Å². The van der Waals surface area contributed by atoms with Gasteiger partial charge in [-0.25, -0.2) is 4.79 Å². The van der Waals surface area contributed by atoms with Gasteiger partial charge in [0.1, 0.15) is 17.4 Å². The Morgan fingerprint density at radius 3 is 2.81 bits per heavy atom. The molecule has 1 aliphatic rings. The second-order valence-corrected chi connectivity index (χ2v) is 6.46. The molecule has 1 amide bonds. The molecular weight excluding hydrogens is 332 g/mol. The molecule has 1 fully saturated rings. The van der Waals surface area contributed by atoms with Gasteiger partial charge < -0.3 is 14.8 Å². The number of rotatable bonds is 6. The first-order chi connectivity index (χ1) is 12.5. The molecule has 0 radical (unpaired) electrons. The fourth-order valence-electron chi connectivity index (χ4n) is 3.02. The summed E-state index contributed by atoms with van der Waals surface area (Å²) in [6.07, 6.45) is 5.72. The molecule has 1 aromatic rings. The SMILES string of the molecule is COc1cccc(/C=C(\C#N)C(=O)OCC(=O)N[C@@H]2CCCC[C@H]2C)c1. The molecule has 1 saturated carbocycles. The van der Waals surface area contributed by atoms with Gasteiger partial charge in [0.2, 0.25) is 0 Å². The third-order valence-corrected chi connectivity index (χ3v) is 4.54. The number of benzene rings is 1. The lowest BCUT2D eigenvalue weighted by atomic mass is 9.86. The molecule has 6 nitrogen and oxygen atoms in total. The van der Waals surface area contributed by atoms with E-state index in [1.54, 1.807) is 24.3 Å². The van der Waals surface area contributed by atoms with Crippen LogP contribution in [0.3, 0.4) is 0 Å². The van der Waals surface area contributed by atoms with E-state index in [-0.39, 0.29) is 24.1 Å². The van der Waals surface area contributed by atoms with Crippen molar-refractivity contribution in [3.8, 4) is 11.8 Å². The Morgan fingerprint density at radius 2 is 2.12 bits per heavy atom. The predicted octanol–water partition coefficient (Wildman–Crippen LogP) is 2.84. The highest BCUT2D eigenvalue weighted by Gasteiger charge is 2.23. The quantitative estimate of drug-likeness (QED) is 0.481. The molecule has 26 heavy (non-hydrogen) atoms. The van der Waals surface area contributed by atoms with Crippen LogP contribution in [0.25, 0.3) is 6.08 Å². The fourth-order valence-corrected chi connectivity index (χ4v) is 3.02. The van der Waals surface area contributed by atoms with Gasteiger partial charge in [0.15, 0.2) is 6.61 Å². The molecule has 0 aliphatic heterocycles. The number of methoxy groups -OCH3 is 1. The molecule has 0 bridgehead atoms. The van der Waals surface area contributed by atoms with Gasteiger partial charge >= 0.3 is 5.97 Å². The summed E-state index contributed by atoms with van der Waals surface area (Å²) in [5, 5.41) is 12.1. The maximum Gasteiger partial charge on any atom is 0.349 e. The van der Waals surface area contributed by atoms with E-state index in [2.05, 4.69) is 12.2 Å². The number of hydrogen-bond donors (Lipinski definition) is 1. The lowest BCUT2D eigenvalue weighted by Gasteiger charge is -2.29. The Hall–Kier alpha value is -2.81. The van der Waals surface area contributed by atoms with Crippen LogP contribution in [0.15, 0.2) is 29.8 Å². The average molecular weight is 356 g/mol. The van der Waals surface area contributed by atoms with E-state index in [9.17, 15) is 14.9 Å². The van der Waals surface area contributed by atoms with Gasteiger partial charge in [-0.1, -0.05) is 31.9 Å². The van der Waals surface area contributed by atoms with Gasteiger partial charge in [-0.3, -0.25) is 4.79 Å². The zero-order chi connectivity index (χ0) is 18.9. The molecule has 0 unspecified atom stereocenters. The van der Waals surface area contributed by atoms with Crippen LogP contribution < -0.4 is 10.1 Å². The van der Waals surface area contributed by atoms with E-state index >= 15 is 0 Å². The van der Waals surface area contributed by atoms with Crippen LogP contribution in [0.5, 0.6) is 5.75 Å². The minimum atomic E-state index is -0.817. The topological polar surface area (TPSA) is 88.4 Å². The zero-order valence-electron chi connectivity index (χ0n) is 15.2. The second kappa shape index (κ2) is 9.62. The molecule has 2 rings (SSSR count). The average Bonchev–Trinajstić information content (AvgIpc) is 2.66. The van der Waals surface area contributed by atoms with E-state index in [0.29, 0.717) is 17.2 Å². The smallest absolute Gasteiger partial charge is 0.349 e. The number of amides is 1. The normalized spacial score (nSPS) is 20.0. The van der Waals surface area contributed by atoms with Crippen LogP contribution >= 0.6 is 0 Å². The zero-order valence-corrected chi connectivity index (χ0v) is 15.2. The van der Waals surface area contributed by atoms with E-state index in [0.717, 1.165) is 19.3 Å². The standard InChI is InChI=1S/C20H24N2O4/c1-14-6-3-4-9-18(14)22-19(23)13-26-20(24)16(12-21)10-15-7-5-8-17(11-15)25-2/h5,7-8,10-11,14,18H,3-4,6,9,13H2,1-2H3,(H,22,23)/b16-10+/t14-,18-/m1/s1. The lowest BCUT2D eigenvalue weighted by molar-refractivity contribution is -0.144. The van der Waals surface area contributed by atoms with Crippen molar-refractivity contribution >= 4 is 18.0 Å². The highest BCUT2D eigenvalue weighted by Crippen LogP contribution is 2.23. The number of carbonyl (C=O) groups is 2. The summed E-state index contributed by atoms with van der Waals surface area (Å²) in [7, 11) is 1.54. The van der Waals surface area contributed by atoms with Gasteiger partial charge in [0.05, 0.1) is 7.11 Å². The van der Waals surface area contributed by atoms with Gasteiger partial charge in [-0.2, -0.15) is 5.26 Å². The minimum absolute atomic E-state index is 0.123. The van der Waals surface area contributed by atoms with E-state index in [1.807, 2.05) is 6.07 Å². The van der Waals surface area contributed by atoms with Crippen LogP contribution in [0.2, 0.25) is 0 Å². The summed E-state index contributed by atoms with van der Waals surface area (Å²) in [5.41, 5.74) is 0.468.